The third-order valence-corrected chi connectivity index (χ3v) is 3.92. The van der Waals surface area contributed by atoms with E-state index in [9.17, 15) is 9.59 Å². The van der Waals surface area contributed by atoms with E-state index in [1.165, 1.54) is 25.8 Å². The minimum atomic E-state index is -0.543. The van der Waals surface area contributed by atoms with Crippen LogP contribution in [0.3, 0.4) is 0 Å². The molecule has 122 valence electrons. The van der Waals surface area contributed by atoms with Crippen molar-refractivity contribution in [3.8, 4) is 0 Å². The van der Waals surface area contributed by atoms with Gasteiger partial charge in [0.1, 0.15) is 6.26 Å². The van der Waals surface area contributed by atoms with Gasteiger partial charge in [0.05, 0.1) is 18.7 Å². The van der Waals surface area contributed by atoms with Gasteiger partial charge in [-0.05, 0) is 12.8 Å². The second-order valence-corrected chi connectivity index (χ2v) is 5.34. The van der Waals surface area contributed by atoms with Gasteiger partial charge in [0.15, 0.2) is 11.6 Å². The summed E-state index contributed by atoms with van der Waals surface area (Å²) in [5.74, 6) is -0.254. The first-order valence-electron chi connectivity index (χ1n) is 7.45. The van der Waals surface area contributed by atoms with Gasteiger partial charge in [-0.1, -0.05) is 18.0 Å². The van der Waals surface area contributed by atoms with Gasteiger partial charge in [-0.3, -0.25) is 4.79 Å². The van der Waals surface area contributed by atoms with E-state index in [-0.39, 0.29) is 23.3 Å². The summed E-state index contributed by atoms with van der Waals surface area (Å²) < 4.78 is 14.7. The van der Waals surface area contributed by atoms with Crippen LogP contribution in [-0.2, 0) is 4.74 Å². The molecule has 1 aliphatic rings. The number of aromatic nitrogens is 2. The number of furan rings is 1. The summed E-state index contributed by atoms with van der Waals surface area (Å²) in [5.41, 5.74) is 0.210. The Labute approximate surface area is 132 Å². The molecule has 0 N–H and O–H groups in total. The number of esters is 1. The Balaban J connectivity index is 1.85. The zero-order chi connectivity index (χ0) is 16.2. The number of hydrogen-bond donors (Lipinski definition) is 0. The summed E-state index contributed by atoms with van der Waals surface area (Å²) in [6, 6.07) is 1.14. The summed E-state index contributed by atoms with van der Waals surface area (Å²) in [7, 11) is 1.28. The number of likely N-dealkylation sites (tertiary alicyclic amines) is 1. The van der Waals surface area contributed by atoms with Crippen molar-refractivity contribution in [2.24, 2.45) is 0 Å². The molecule has 3 heterocycles. The van der Waals surface area contributed by atoms with Crippen LogP contribution in [0.4, 0.5) is 0 Å². The zero-order valence-electron chi connectivity index (χ0n) is 12.7. The Hall–Kier alpha value is -2.64. The second-order valence-electron chi connectivity index (χ2n) is 5.34. The number of rotatable bonds is 3. The van der Waals surface area contributed by atoms with E-state index < -0.39 is 5.97 Å². The first-order valence-corrected chi connectivity index (χ1v) is 7.45. The molecule has 1 aliphatic heterocycles. The number of ether oxygens (including phenoxy) is 1. The summed E-state index contributed by atoms with van der Waals surface area (Å²) in [6.07, 6.45) is 6.14. The Bertz CT molecular complexity index is 679. The summed E-state index contributed by atoms with van der Waals surface area (Å²) in [5, 5.41) is 3.87. The number of nitrogens with zero attached hydrogens (tertiary/aromatic N) is 3. The molecule has 0 unspecified atom stereocenters. The van der Waals surface area contributed by atoms with Gasteiger partial charge in [0, 0.05) is 12.6 Å². The van der Waals surface area contributed by atoms with Gasteiger partial charge >= 0.3 is 5.97 Å². The molecule has 0 aliphatic carbocycles. The Morgan fingerprint density at radius 3 is 2.96 bits per heavy atom. The molecule has 2 aromatic heterocycles. The maximum Gasteiger partial charge on any atom is 0.341 e. The molecule has 1 atom stereocenters. The fourth-order valence-corrected chi connectivity index (χ4v) is 2.76. The molecule has 2 aromatic rings. The minimum Gasteiger partial charge on any atom is -0.465 e. The average Bonchev–Trinajstić information content (AvgIpc) is 3.21. The fourth-order valence-electron chi connectivity index (χ4n) is 2.76. The molecule has 0 radical (unpaired) electrons. The lowest BCUT2D eigenvalue weighted by Crippen LogP contribution is -2.35. The van der Waals surface area contributed by atoms with Gasteiger partial charge < -0.3 is 18.6 Å². The number of hydrogen-bond acceptors (Lipinski definition) is 7. The van der Waals surface area contributed by atoms with Crippen molar-refractivity contribution in [2.45, 2.75) is 31.7 Å². The van der Waals surface area contributed by atoms with E-state index in [2.05, 4.69) is 14.9 Å². The van der Waals surface area contributed by atoms with E-state index in [0.29, 0.717) is 12.4 Å². The molecule has 8 nitrogen and oxygen atoms in total. The number of methoxy groups -OCH3 is 1. The predicted molar refractivity (Wildman–Crippen MR) is 76.6 cm³/mol. The molecule has 3 rings (SSSR count). The van der Waals surface area contributed by atoms with Crippen molar-refractivity contribution in [3.63, 3.8) is 0 Å². The van der Waals surface area contributed by atoms with Crippen molar-refractivity contribution in [2.75, 3.05) is 13.7 Å². The summed E-state index contributed by atoms with van der Waals surface area (Å²) >= 11 is 0. The van der Waals surface area contributed by atoms with Crippen LogP contribution in [0.15, 0.2) is 27.7 Å². The van der Waals surface area contributed by atoms with E-state index in [1.54, 1.807) is 4.90 Å². The van der Waals surface area contributed by atoms with Crippen molar-refractivity contribution < 1.29 is 23.3 Å². The highest BCUT2D eigenvalue weighted by molar-refractivity contribution is 5.96. The number of carbonyl (C=O) groups excluding carboxylic acids is 2. The minimum absolute atomic E-state index is 0.0980. The molecule has 1 amide bonds. The zero-order valence-corrected chi connectivity index (χ0v) is 12.7. The van der Waals surface area contributed by atoms with Crippen LogP contribution in [0.25, 0.3) is 0 Å². The van der Waals surface area contributed by atoms with Crippen LogP contribution in [0.5, 0.6) is 0 Å². The third kappa shape index (κ3) is 3.10. The molecular formula is C15H17N3O5. The molecule has 0 bridgehead atoms. The van der Waals surface area contributed by atoms with Gasteiger partial charge in [-0.25, -0.2) is 4.79 Å². The molecule has 1 saturated heterocycles. The van der Waals surface area contributed by atoms with Gasteiger partial charge in [-0.2, -0.15) is 4.98 Å². The van der Waals surface area contributed by atoms with Crippen molar-refractivity contribution in [1.29, 1.82) is 0 Å². The highest BCUT2D eigenvalue weighted by Crippen LogP contribution is 2.29. The smallest absolute Gasteiger partial charge is 0.341 e. The lowest BCUT2D eigenvalue weighted by molar-refractivity contribution is 0.0598. The van der Waals surface area contributed by atoms with Crippen LogP contribution in [-0.4, -0.2) is 40.6 Å². The molecular weight excluding hydrogens is 302 g/mol. The first kappa shape index (κ1) is 15.3. The topological polar surface area (TPSA) is 98.7 Å². The van der Waals surface area contributed by atoms with Crippen molar-refractivity contribution >= 4 is 11.9 Å². The Kier molecular flexibility index (Phi) is 4.40. The van der Waals surface area contributed by atoms with Crippen molar-refractivity contribution in [1.82, 2.24) is 15.0 Å². The lowest BCUT2D eigenvalue weighted by atomic mass is 10.1. The summed E-state index contributed by atoms with van der Waals surface area (Å²) in [6.45, 7) is 0.576. The standard InChI is InChI=1S/C15H17N3O5/c1-21-15(20)10-7-12(22-8-10)14(19)18-6-4-2-3-5-11(18)13-16-9-23-17-13/h7-9,11H,2-6H2,1H3/t11-/m0/s1. The average molecular weight is 319 g/mol. The van der Waals surface area contributed by atoms with Crippen molar-refractivity contribution in [3.05, 3.63) is 35.9 Å². The van der Waals surface area contributed by atoms with Crippen LogP contribution < -0.4 is 0 Å². The maximum atomic E-state index is 12.8. The largest absolute Gasteiger partial charge is 0.465 e. The highest BCUT2D eigenvalue weighted by Gasteiger charge is 2.32. The maximum absolute atomic E-state index is 12.8. The van der Waals surface area contributed by atoms with Crippen LogP contribution >= 0.6 is 0 Å². The summed E-state index contributed by atoms with van der Waals surface area (Å²) in [4.78, 5) is 30.0. The highest BCUT2D eigenvalue weighted by atomic mass is 16.5. The fraction of sp³-hybridized carbons (Fsp3) is 0.467. The normalized spacial score (nSPS) is 18.5. The first-order chi connectivity index (χ1) is 11.2. The Morgan fingerprint density at radius 2 is 2.22 bits per heavy atom. The molecule has 0 saturated carbocycles. The van der Waals surface area contributed by atoms with E-state index >= 15 is 0 Å². The van der Waals surface area contributed by atoms with Gasteiger partial charge in [-0.15, -0.1) is 0 Å². The van der Waals surface area contributed by atoms with E-state index in [0.717, 1.165) is 25.7 Å². The molecule has 0 spiro atoms. The number of amides is 1. The molecule has 23 heavy (non-hydrogen) atoms. The molecule has 8 heteroatoms. The Morgan fingerprint density at radius 1 is 1.35 bits per heavy atom. The van der Waals surface area contributed by atoms with Crippen LogP contribution in [0.2, 0.25) is 0 Å². The van der Waals surface area contributed by atoms with Gasteiger partial charge in [0.2, 0.25) is 6.39 Å². The van der Waals surface area contributed by atoms with Crippen LogP contribution in [0, 0.1) is 0 Å². The van der Waals surface area contributed by atoms with Crippen LogP contribution in [0.1, 0.15) is 58.5 Å². The van der Waals surface area contributed by atoms with E-state index in [1.807, 2.05) is 0 Å². The molecule has 0 aromatic carbocycles. The van der Waals surface area contributed by atoms with Gasteiger partial charge in [0.25, 0.3) is 5.91 Å². The second kappa shape index (κ2) is 6.64. The van der Waals surface area contributed by atoms with E-state index in [4.69, 9.17) is 8.94 Å². The monoisotopic (exact) mass is 319 g/mol. The quantitative estimate of drug-likeness (QED) is 0.800. The third-order valence-electron chi connectivity index (χ3n) is 3.92. The lowest BCUT2D eigenvalue weighted by Gasteiger charge is -2.26. The number of carbonyl (C=O) groups is 2. The SMILES string of the molecule is COC(=O)c1coc(C(=O)N2CCCCC[C@H]2c2ncon2)c1. The molecule has 1 fully saturated rings. The predicted octanol–water partition coefficient (Wildman–Crippen LogP) is 2.21.